The molecule has 0 aliphatic heterocycles. The van der Waals surface area contributed by atoms with Crippen molar-refractivity contribution in [1.29, 1.82) is 0 Å². The molecule has 1 aliphatic carbocycles. The van der Waals surface area contributed by atoms with Gasteiger partial charge in [0.05, 0.1) is 22.9 Å². The molecule has 1 aromatic carbocycles. The first-order valence-corrected chi connectivity index (χ1v) is 14.0. The first kappa shape index (κ1) is 21.6. The summed E-state index contributed by atoms with van der Waals surface area (Å²) in [6, 6.07) is 8.73. The minimum Gasteiger partial charge on any atom is -0.411 e. The minimum atomic E-state index is -3.26. The van der Waals surface area contributed by atoms with Crippen molar-refractivity contribution in [3.8, 4) is 0 Å². The zero-order valence-electron chi connectivity index (χ0n) is 17.0. The van der Waals surface area contributed by atoms with Crippen LogP contribution in [0.5, 0.6) is 0 Å². The molecule has 0 saturated heterocycles. The summed E-state index contributed by atoms with van der Waals surface area (Å²) >= 11 is 0. The smallest absolute Gasteiger partial charge is 0.192 e. The fraction of sp³-hybridized carbons (Fsp3) is 0.700. The van der Waals surface area contributed by atoms with Gasteiger partial charge in [0.1, 0.15) is 0 Å². The molecule has 3 atom stereocenters. The maximum Gasteiger partial charge on any atom is 0.192 e. The third-order valence-electron chi connectivity index (χ3n) is 5.95. The average Bonchev–Trinajstić information content (AvgIpc) is 2.55. The van der Waals surface area contributed by atoms with Crippen LogP contribution in [0, 0.1) is 5.92 Å². The lowest BCUT2D eigenvalue weighted by molar-refractivity contribution is -0.0411. The molecule has 0 aromatic heterocycles. The molecule has 4 nitrogen and oxygen atoms in total. The Balaban J connectivity index is 2.04. The van der Waals surface area contributed by atoms with E-state index in [-0.39, 0.29) is 28.9 Å². The quantitative estimate of drug-likeness (QED) is 0.654. The zero-order chi connectivity index (χ0) is 19.6. The Morgan fingerprint density at radius 1 is 1.08 bits per heavy atom. The van der Waals surface area contributed by atoms with Crippen molar-refractivity contribution in [2.24, 2.45) is 5.92 Å². The van der Waals surface area contributed by atoms with E-state index < -0.39 is 18.2 Å². The van der Waals surface area contributed by atoms with E-state index >= 15 is 0 Å². The van der Waals surface area contributed by atoms with Gasteiger partial charge in [-0.25, -0.2) is 8.42 Å². The fourth-order valence-electron chi connectivity index (χ4n) is 3.31. The lowest BCUT2D eigenvalue weighted by atomic mass is 9.86. The highest BCUT2D eigenvalue weighted by atomic mass is 32.2. The van der Waals surface area contributed by atoms with E-state index in [1.165, 1.54) is 0 Å². The van der Waals surface area contributed by atoms with Crippen molar-refractivity contribution in [3.63, 3.8) is 0 Å². The molecule has 1 fully saturated rings. The molecule has 1 saturated carbocycles. The molecule has 0 bridgehead atoms. The van der Waals surface area contributed by atoms with Crippen molar-refractivity contribution in [3.05, 3.63) is 30.3 Å². The van der Waals surface area contributed by atoms with Crippen LogP contribution in [-0.2, 0) is 19.0 Å². The maximum absolute atomic E-state index is 12.7. The zero-order valence-corrected chi connectivity index (χ0v) is 18.8. The summed E-state index contributed by atoms with van der Waals surface area (Å²) in [7, 11) is -3.42. The molecular weight excluding hydrogens is 364 g/mol. The van der Waals surface area contributed by atoms with Gasteiger partial charge in [0, 0.05) is 7.11 Å². The number of hydrogen-bond donors (Lipinski definition) is 0. The van der Waals surface area contributed by atoms with Gasteiger partial charge in [-0.15, -0.1) is 0 Å². The van der Waals surface area contributed by atoms with Crippen LogP contribution in [0.4, 0.5) is 0 Å². The third kappa shape index (κ3) is 5.18. The molecule has 6 heteroatoms. The number of sulfone groups is 1. The Morgan fingerprint density at radius 2 is 1.69 bits per heavy atom. The number of methoxy groups -OCH3 is 1. The highest BCUT2D eigenvalue weighted by Crippen LogP contribution is 2.40. The van der Waals surface area contributed by atoms with Gasteiger partial charge in [0.15, 0.2) is 18.2 Å². The fourth-order valence-corrected chi connectivity index (χ4v) is 6.38. The van der Waals surface area contributed by atoms with E-state index in [4.69, 9.17) is 9.16 Å². The molecular formula is C20H34O4SSi. The van der Waals surface area contributed by atoms with Crippen LogP contribution in [0.1, 0.15) is 40.0 Å². The molecule has 0 spiro atoms. The molecule has 0 radical (unpaired) electrons. The van der Waals surface area contributed by atoms with Gasteiger partial charge in [-0.1, -0.05) is 39.0 Å². The van der Waals surface area contributed by atoms with Crippen molar-refractivity contribution in [2.75, 3.05) is 12.9 Å². The summed E-state index contributed by atoms with van der Waals surface area (Å²) in [5.74, 6) is 0.299. The van der Waals surface area contributed by atoms with E-state index in [1.807, 2.05) is 6.07 Å². The van der Waals surface area contributed by atoms with E-state index in [1.54, 1.807) is 31.4 Å². The van der Waals surface area contributed by atoms with Crippen LogP contribution < -0.4 is 0 Å². The summed E-state index contributed by atoms with van der Waals surface area (Å²) in [5.41, 5.74) is 0. The Labute approximate surface area is 160 Å². The topological polar surface area (TPSA) is 52.6 Å². The monoisotopic (exact) mass is 398 g/mol. The molecule has 0 unspecified atom stereocenters. The molecule has 0 N–H and O–H groups in total. The first-order valence-electron chi connectivity index (χ1n) is 9.45. The van der Waals surface area contributed by atoms with Gasteiger partial charge >= 0.3 is 0 Å². The predicted octanol–water partition coefficient (Wildman–Crippen LogP) is 4.67. The van der Waals surface area contributed by atoms with Crippen molar-refractivity contribution in [2.45, 2.75) is 75.3 Å². The van der Waals surface area contributed by atoms with E-state index in [9.17, 15) is 8.42 Å². The normalized spacial score (nSPS) is 25.2. The SMILES string of the molecule is CO[C@@H]1C[C@H](CS(=O)(=O)c2ccccc2)CC[C@H]1O[Si](C)(C)C(C)(C)C. The van der Waals surface area contributed by atoms with Crippen molar-refractivity contribution >= 4 is 18.2 Å². The number of hydrogen-bond acceptors (Lipinski definition) is 4. The van der Waals surface area contributed by atoms with E-state index in [0.717, 1.165) is 19.3 Å². The Morgan fingerprint density at radius 3 is 2.23 bits per heavy atom. The summed E-state index contributed by atoms with van der Waals surface area (Å²) in [4.78, 5) is 0.411. The highest BCUT2D eigenvalue weighted by molar-refractivity contribution is 7.91. The lowest BCUT2D eigenvalue weighted by Gasteiger charge is -2.43. The molecule has 148 valence electrons. The van der Waals surface area contributed by atoms with Gasteiger partial charge in [0.2, 0.25) is 0 Å². The van der Waals surface area contributed by atoms with Gasteiger partial charge in [-0.3, -0.25) is 0 Å². The third-order valence-corrected chi connectivity index (χ3v) is 12.4. The second-order valence-corrected chi connectivity index (χ2v) is 15.8. The highest BCUT2D eigenvalue weighted by Gasteiger charge is 2.43. The lowest BCUT2D eigenvalue weighted by Crippen LogP contribution is -2.49. The van der Waals surface area contributed by atoms with Crippen LogP contribution in [-0.4, -0.2) is 41.8 Å². The molecule has 2 rings (SSSR count). The largest absolute Gasteiger partial charge is 0.411 e. The summed E-state index contributed by atoms with van der Waals surface area (Å²) in [6.07, 6.45) is 2.50. The first-order chi connectivity index (χ1) is 12.0. The van der Waals surface area contributed by atoms with E-state index in [2.05, 4.69) is 33.9 Å². The van der Waals surface area contributed by atoms with Gasteiger partial charge in [-0.2, -0.15) is 0 Å². The maximum atomic E-state index is 12.7. The Kier molecular flexibility index (Phi) is 6.75. The molecule has 26 heavy (non-hydrogen) atoms. The number of ether oxygens (including phenoxy) is 1. The second kappa shape index (κ2) is 8.13. The van der Waals surface area contributed by atoms with Crippen LogP contribution in [0.15, 0.2) is 35.2 Å². The van der Waals surface area contributed by atoms with Crippen LogP contribution in [0.3, 0.4) is 0 Å². The summed E-state index contributed by atoms with van der Waals surface area (Å²) in [5, 5.41) is 0.152. The molecule has 0 heterocycles. The second-order valence-electron chi connectivity index (χ2n) is 8.96. The Bertz CT molecular complexity index is 680. The van der Waals surface area contributed by atoms with Gasteiger partial charge in [-0.05, 0) is 55.4 Å². The standard InChI is InChI=1S/C20H34O4SSi/c1-20(2,3)26(5,6)24-18-13-12-16(14-19(18)23-4)15-25(21,22)17-10-8-7-9-11-17/h7-11,16,18-19H,12-15H2,1-6H3/t16-,18-,19-/m1/s1. The van der Waals surface area contributed by atoms with Crippen LogP contribution >= 0.6 is 0 Å². The summed E-state index contributed by atoms with van der Waals surface area (Å²) < 4.78 is 37.6. The number of benzene rings is 1. The van der Waals surface area contributed by atoms with Gasteiger partial charge in [0.25, 0.3) is 0 Å². The molecule has 1 aliphatic rings. The summed E-state index contributed by atoms with van der Waals surface area (Å²) in [6.45, 7) is 11.2. The van der Waals surface area contributed by atoms with Crippen LogP contribution in [0.25, 0.3) is 0 Å². The minimum absolute atomic E-state index is 0.0335. The van der Waals surface area contributed by atoms with Crippen molar-refractivity contribution < 1.29 is 17.6 Å². The average molecular weight is 399 g/mol. The van der Waals surface area contributed by atoms with Crippen molar-refractivity contribution in [1.82, 2.24) is 0 Å². The van der Waals surface area contributed by atoms with Gasteiger partial charge < -0.3 is 9.16 Å². The molecule has 0 amide bonds. The number of rotatable bonds is 6. The van der Waals surface area contributed by atoms with Crippen LogP contribution in [0.2, 0.25) is 18.1 Å². The van der Waals surface area contributed by atoms with E-state index in [0.29, 0.717) is 4.90 Å². The molecule has 1 aromatic rings. The Hall–Kier alpha value is -0.693. The predicted molar refractivity (Wildman–Crippen MR) is 109 cm³/mol.